The van der Waals surface area contributed by atoms with Gasteiger partial charge in [-0.15, -0.1) is 0 Å². The van der Waals surface area contributed by atoms with E-state index < -0.39 is 0 Å². The fourth-order valence-electron chi connectivity index (χ4n) is 3.03. The minimum atomic E-state index is -0.0336. The van der Waals surface area contributed by atoms with Crippen molar-refractivity contribution in [2.45, 2.75) is 32.1 Å². The average molecular weight is 275 g/mol. The van der Waals surface area contributed by atoms with Crippen molar-refractivity contribution in [3.05, 3.63) is 18.6 Å². The second-order valence-corrected chi connectivity index (χ2v) is 5.74. The van der Waals surface area contributed by atoms with Gasteiger partial charge in [-0.2, -0.15) is 0 Å². The van der Waals surface area contributed by atoms with E-state index in [0.29, 0.717) is 18.2 Å². The van der Waals surface area contributed by atoms with Crippen LogP contribution in [-0.2, 0) is 0 Å². The number of rotatable bonds is 4. The largest absolute Gasteiger partial charge is 0.396 e. The topological polar surface area (TPSA) is 88.5 Å². The number of hydrogen-bond donors (Lipinski definition) is 3. The first-order chi connectivity index (χ1) is 9.72. The predicted molar refractivity (Wildman–Crippen MR) is 78.5 cm³/mol. The minimum Gasteiger partial charge on any atom is -0.396 e. The molecule has 1 fully saturated rings. The molecule has 3 rings (SSSR count). The molecule has 108 valence electrons. The first-order valence-electron chi connectivity index (χ1n) is 7.16. The van der Waals surface area contributed by atoms with Crippen molar-refractivity contribution < 1.29 is 5.11 Å². The van der Waals surface area contributed by atoms with Crippen molar-refractivity contribution in [1.29, 1.82) is 0 Å². The van der Waals surface area contributed by atoms with Crippen LogP contribution in [0.2, 0.25) is 0 Å². The van der Waals surface area contributed by atoms with Gasteiger partial charge in [0.05, 0.1) is 12.8 Å². The molecular weight excluding hydrogens is 254 g/mol. The van der Waals surface area contributed by atoms with E-state index in [-0.39, 0.29) is 12.0 Å². The van der Waals surface area contributed by atoms with Crippen molar-refractivity contribution in [2.24, 2.45) is 5.41 Å². The van der Waals surface area contributed by atoms with Crippen LogP contribution in [0.3, 0.4) is 0 Å². The fourth-order valence-corrected chi connectivity index (χ4v) is 3.03. The summed E-state index contributed by atoms with van der Waals surface area (Å²) in [6, 6.07) is 0. The standard InChI is InChI=1S/C14H21N5O/c15-11-8-19-7-6-16-13(19)12(18-11)17-9-14(10-20)4-2-1-3-5-14/h6-8,20H,1-5,9-10,15H2,(H,17,18). The molecule has 0 aromatic carbocycles. The van der Waals surface area contributed by atoms with Gasteiger partial charge in [0.15, 0.2) is 11.5 Å². The first-order valence-corrected chi connectivity index (χ1v) is 7.16. The van der Waals surface area contributed by atoms with E-state index >= 15 is 0 Å². The summed E-state index contributed by atoms with van der Waals surface area (Å²) in [5.41, 5.74) is 6.54. The second-order valence-electron chi connectivity index (χ2n) is 5.74. The number of nitrogens with zero attached hydrogens (tertiary/aromatic N) is 3. The van der Waals surface area contributed by atoms with Crippen LogP contribution in [0.15, 0.2) is 18.6 Å². The summed E-state index contributed by atoms with van der Waals surface area (Å²) >= 11 is 0. The van der Waals surface area contributed by atoms with Gasteiger partial charge in [-0.25, -0.2) is 9.97 Å². The molecule has 0 aliphatic heterocycles. The summed E-state index contributed by atoms with van der Waals surface area (Å²) in [5.74, 6) is 1.15. The lowest BCUT2D eigenvalue weighted by molar-refractivity contribution is 0.0943. The van der Waals surface area contributed by atoms with Crippen LogP contribution in [0, 0.1) is 5.41 Å². The van der Waals surface area contributed by atoms with E-state index in [1.807, 2.05) is 10.6 Å². The second kappa shape index (κ2) is 5.28. The lowest BCUT2D eigenvalue weighted by Crippen LogP contribution is -2.35. The SMILES string of the molecule is Nc1cn2ccnc2c(NCC2(CO)CCCCC2)n1. The van der Waals surface area contributed by atoms with Crippen LogP contribution >= 0.6 is 0 Å². The highest BCUT2D eigenvalue weighted by atomic mass is 16.3. The zero-order valence-corrected chi connectivity index (χ0v) is 11.5. The highest BCUT2D eigenvalue weighted by Gasteiger charge is 2.31. The summed E-state index contributed by atoms with van der Waals surface area (Å²) < 4.78 is 1.86. The van der Waals surface area contributed by atoms with Crippen molar-refractivity contribution in [2.75, 3.05) is 24.2 Å². The van der Waals surface area contributed by atoms with Crippen molar-refractivity contribution >= 4 is 17.3 Å². The molecular formula is C14H21N5O. The maximum Gasteiger partial charge on any atom is 0.180 e. The number of aliphatic hydroxyl groups excluding tert-OH is 1. The monoisotopic (exact) mass is 275 g/mol. The minimum absolute atomic E-state index is 0.0336. The van der Waals surface area contributed by atoms with E-state index in [9.17, 15) is 5.11 Å². The van der Waals surface area contributed by atoms with E-state index in [1.54, 1.807) is 12.4 Å². The number of fused-ring (bicyclic) bond motifs is 1. The van der Waals surface area contributed by atoms with Gasteiger partial charge >= 0.3 is 0 Å². The highest BCUT2D eigenvalue weighted by Crippen LogP contribution is 2.36. The van der Waals surface area contributed by atoms with Crippen molar-refractivity contribution in [3.8, 4) is 0 Å². The molecule has 2 aromatic rings. The molecule has 6 nitrogen and oxygen atoms in total. The van der Waals surface area contributed by atoms with Crippen LogP contribution in [0.5, 0.6) is 0 Å². The van der Waals surface area contributed by atoms with Crippen LogP contribution in [0.25, 0.3) is 5.65 Å². The number of nitrogens with one attached hydrogen (secondary N) is 1. The molecule has 6 heteroatoms. The zero-order valence-electron chi connectivity index (χ0n) is 11.5. The van der Waals surface area contributed by atoms with E-state index in [1.165, 1.54) is 19.3 Å². The third-order valence-corrected chi connectivity index (χ3v) is 4.27. The molecule has 0 bridgehead atoms. The molecule has 20 heavy (non-hydrogen) atoms. The molecule has 0 amide bonds. The first kappa shape index (κ1) is 13.2. The molecule has 4 N–H and O–H groups in total. The van der Waals surface area contributed by atoms with Gasteiger partial charge in [-0.1, -0.05) is 19.3 Å². The van der Waals surface area contributed by atoms with Crippen LogP contribution < -0.4 is 11.1 Å². The molecule has 0 unspecified atom stereocenters. The summed E-state index contributed by atoms with van der Waals surface area (Å²) in [7, 11) is 0. The molecule has 2 heterocycles. The summed E-state index contributed by atoms with van der Waals surface area (Å²) in [6.07, 6.45) is 11.1. The number of nitrogen functional groups attached to an aromatic ring is 1. The smallest absolute Gasteiger partial charge is 0.180 e. The Morgan fingerprint density at radius 3 is 2.90 bits per heavy atom. The Labute approximate surface area is 118 Å². The van der Waals surface area contributed by atoms with Gasteiger partial charge in [0.2, 0.25) is 0 Å². The molecule has 2 aromatic heterocycles. The Balaban J connectivity index is 1.80. The lowest BCUT2D eigenvalue weighted by Gasteiger charge is -2.35. The normalized spacial score (nSPS) is 18.2. The Morgan fingerprint density at radius 1 is 1.35 bits per heavy atom. The van der Waals surface area contributed by atoms with Gasteiger partial charge < -0.3 is 20.6 Å². The molecule has 1 saturated carbocycles. The quantitative estimate of drug-likeness (QED) is 0.790. The maximum absolute atomic E-state index is 9.74. The third-order valence-electron chi connectivity index (χ3n) is 4.27. The van der Waals surface area contributed by atoms with Gasteiger partial charge in [0.25, 0.3) is 0 Å². The number of nitrogens with two attached hydrogens (primary N) is 1. The lowest BCUT2D eigenvalue weighted by atomic mass is 9.74. The maximum atomic E-state index is 9.74. The summed E-state index contributed by atoms with van der Waals surface area (Å²) in [5, 5.41) is 13.1. The van der Waals surface area contributed by atoms with Gasteiger partial charge in [-0.3, -0.25) is 0 Å². The van der Waals surface area contributed by atoms with E-state index in [4.69, 9.17) is 5.73 Å². The van der Waals surface area contributed by atoms with Gasteiger partial charge in [0.1, 0.15) is 5.82 Å². The Morgan fingerprint density at radius 2 is 2.15 bits per heavy atom. The number of aromatic nitrogens is 3. The number of anilines is 2. The predicted octanol–water partition coefficient (Wildman–Crippen LogP) is 1.67. The van der Waals surface area contributed by atoms with E-state index in [0.717, 1.165) is 18.5 Å². The van der Waals surface area contributed by atoms with Crippen molar-refractivity contribution in [3.63, 3.8) is 0 Å². The Kier molecular flexibility index (Phi) is 3.48. The highest BCUT2D eigenvalue weighted by molar-refractivity contribution is 5.64. The Hall–Kier alpha value is -1.82. The van der Waals surface area contributed by atoms with Crippen LogP contribution in [0.4, 0.5) is 11.6 Å². The number of aliphatic hydroxyl groups is 1. The fraction of sp³-hybridized carbons (Fsp3) is 0.571. The van der Waals surface area contributed by atoms with Crippen LogP contribution in [-0.4, -0.2) is 32.6 Å². The molecule has 1 aliphatic carbocycles. The Bertz CT molecular complexity index is 588. The summed E-state index contributed by atoms with van der Waals surface area (Å²) in [6.45, 7) is 0.926. The summed E-state index contributed by atoms with van der Waals surface area (Å²) in [4.78, 5) is 8.62. The molecule has 0 radical (unpaired) electrons. The van der Waals surface area contributed by atoms with Gasteiger partial charge in [-0.05, 0) is 12.8 Å². The number of hydrogen-bond acceptors (Lipinski definition) is 5. The third kappa shape index (κ3) is 2.43. The van der Waals surface area contributed by atoms with Crippen molar-refractivity contribution in [1.82, 2.24) is 14.4 Å². The number of imidazole rings is 1. The molecule has 0 saturated heterocycles. The molecule has 0 spiro atoms. The van der Waals surface area contributed by atoms with E-state index in [2.05, 4.69) is 15.3 Å². The molecule has 0 atom stereocenters. The zero-order chi connectivity index (χ0) is 14.0. The average Bonchev–Trinajstić information content (AvgIpc) is 2.94. The van der Waals surface area contributed by atoms with Crippen LogP contribution in [0.1, 0.15) is 32.1 Å². The molecule has 1 aliphatic rings. The van der Waals surface area contributed by atoms with Gasteiger partial charge in [0, 0.05) is 24.4 Å².